The van der Waals surface area contributed by atoms with Gasteiger partial charge in [-0.1, -0.05) is 59.1 Å². The predicted octanol–water partition coefficient (Wildman–Crippen LogP) is 7.53. The molecule has 1 N–H and O–H groups in total. The largest absolute Gasteiger partial charge is 0.486 e. The Hall–Kier alpha value is -2.49. The second-order valence-electron chi connectivity index (χ2n) is 6.33. The van der Waals surface area contributed by atoms with Crippen molar-refractivity contribution in [2.24, 2.45) is 0 Å². The van der Waals surface area contributed by atoms with Crippen LogP contribution < -0.4 is 10.1 Å². The molecule has 0 atom stereocenters. The van der Waals surface area contributed by atoms with Crippen molar-refractivity contribution in [3.05, 3.63) is 96.9 Å². The van der Waals surface area contributed by atoms with Crippen LogP contribution in [0.1, 0.15) is 11.1 Å². The van der Waals surface area contributed by atoms with Gasteiger partial charge in [0.2, 0.25) is 0 Å². The van der Waals surface area contributed by atoms with Crippen molar-refractivity contribution in [1.82, 2.24) is 0 Å². The summed E-state index contributed by atoms with van der Waals surface area (Å²) in [5.74, 6) is -0.128. The highest BCUT2D eigenvalue weighted by atomic mass is 79.9. The average molecular weight is 537 g/mol. The molecule has 0 aliphatic carbocycles. The number of carbonyl (C=O) groups excluding carboxylic acids is 1. The molecular formula is C23H14BrCl3N2O2. The Morgan fingerprint density at radius 3 is 2.52 bits per heavy atom. The van der Waals surface area contributed by atoms with Crippen LogP contribution in [0, 0.1) is 11.3 Å². The van der Waals surface area contributed by atoms with Crippen molar-refractivity contribution in [3.8, 4) is 11.8 Å². The quantitative estimate of drug-likeness (QED) is 0.262. The molecule has 0 heterocycles. The second kappa shape index (κ2) is 10.7. The highest BCUT2D eigenvalue weighted by molar-refractivity contribution is 9.10. The summed E-state index contributed by atoms with van der Waals surface area (Å²) in [6, 6.07) is 19.2. The number of carbonyl (C=O) groups is 1. The van der Waals surface area contributed by atoms with Crippen LogP contribution in [0.5, 0.6) is 5.75 Å². The lowest BCUT2D eigenvalue weighted by Gasteiger charge is -2.12. The maximum atomic E-state index is 12.5. The summed E-state index contributed by atoms with van der Waals surface area (Å²) in [6.45, 7) is 0.235. The topological polar surface area (TPSA) is 62.1 Å². The van der Waals surface area contributed by atoms with Crippen LogP contribution in [-0.4, -0.2) is 5.91 Å². The minimum Gasteiger partial charge on any atom is -0.486 e. The first kappa shape index (κ1) is 23.2. The fourth-order valence-electron chi connectivity index (χ4n) is 2.65. The molecule has 3 aromatic carbocycles. The maximum Gasteiger partial charge on any atom is 0.266 e. The third-order valence-corrected chi connectivity index (χ3v) is 5.58. The third-order valence-electron chi connectivity index (χ3n) is 4.11. The molecule has 1 amide bonds. The van der Waals surface area contributed by atoms with Crippen LogP contribution in [0.4, 0.5) is 5.69 Å². The van der Waals surface area contributed by atoms with Gasteiger partial charge in [-0.05, 0) is 64.0 Å². The Kier molecular flexibility index (Phi) is 8.00. The summed E-state index contributed by atoms with van der Waals surface area (Å²) in [7, 11) is 0. The van der Waals surface area contributed by atoms with Crippen molar-refractivity contribution in [3.63, 3.8) is 0 Å². The van der Waals surface area contributed by atoms with E-state index in [0.717, 1.165) is 5.56 Å². The first-order valence-corrected chi connectivity index (χ1v) is 10.8. The maximum absolute atomic E-state index is 12.5. The fourth-order valence-corrected chi connectivity index (χ4v) is 4.02. The number of nitrogens with zero attached hydrogens (tertiary/aromatic N) is 1. The summed E-state index contributed by atoms with van der Waals surface area (Å²) in [4.78, 5) is 12.5. The lowest BCUT2D eigenvalue weighted by atomic mass is 10.1. The predicted molar refractivity (Wildman–Crippen MR) is 129 cm³/mol. The molecule has 0 radical (unpaired) electrons. The summed E-state index contributed by atoms with van der Waals surface area (Å²) in [5.41, 5.74) is 1.77. The van der Waals surface area contributed by atoms with Gasteiger partial charge in [-0.2, -0.15) is 5.26 Å². The Balaban J connectivity index is 1.78. The summed E-state index contributed by atoms with van der Waals surface area (Å²) in [5, 5.41) is 13.5. The number of benzene rings is 3. The first-order chi connectivity index (χ1) is 14.9. The first-order valence-electron chi connectivity index (χ1n) is 8.91. The van der Waals surface area contributed by atoms with E-state index in [-0.39, 0.29) is 12.2 Å². The van der Waals surface area contributed by atoms with Crippen LogP contribution >= 0.6 is 50.7 Å². The van der Waals surface area contributed by atoms with E-state index in [2.05, 4.69) is 21.2 Å². The standard InChI is InChI=1S/C23H14BrCl3N2O2/c24-19-9-14(8-16(12-28)23(30)29-18-6-3-5-17(25)11-18)10-21(27)22(19)31-13-15-4-1-2-7-20(15)26/h1-11H,13H2,(H,29,30)/b16-8+. The van der Waals surface area contributed by atoms with Gasteiger partial charge in [-0.25, -0.2) is 0 Å². The van der Waals surface area contributed by atoms with E-state index in [9.17, 15) is 10.1 Å². The minimum absolute atomic E-state index is 0.0901. The number of halogens is 4. The molecule has 0 spiro atoms. The van der Waals surface area contributed by atoms with Crippen molar-refractivity contribution in [1.29, 1.82) is 5.26 Å². The molecule has 31 heavy (non-hydrogen) atoms. The fraction of sp³-hybridized carbons (Fsp3) is 0.0435. The summed E-state index contributed by atoms with van der Waals surface area (Å²) < 4.78 is 6.39. The van der Waals surface area contributed by atoms with Gasteiger partial charge in [0.15, 0.2) is 5.75 Å². The van der Waals surface area contributed by atoms with E-state index in [1.54, 1.807) is 42.5 Å². The molecule has 8 heteroatoms. The molecule has 0 bridgehead atoms. The van der Waals surface area contributed by atoms with Crippen LogP contribution in [0.15, 0.2) is 70.7 Å². The molecule has 0 aliphatic rings. The lowest BCUT2D eigenvalue weighted by Crippen LogP contribution is -2.13. The van der Waals surface area contributed by atoms with Crippen LogP contribution in [-0.2, 0) is 11.4 Å². The van der Waals surface area contributed by atoms with Gasteiger partial charge in [0.05, 0.1) is 9.50 Å². The highest BCUT2D eigenvalue weighted by Gasteiger charge is 2.13. The number of nitrogens with one attached hydrogen (secondary N) is 1. The number of ether oxygens (including phenoxy) is 1. The highest BCUT2D eigenvalue weighted by Crippen LogP contribution is 2.36. The molecular weight excluding hydrogens is 523 g/mol. The van der Waals surface area contributed by atoms with E-state index < -0.39 is 5.91 Å². The zero-order chi connectivity index (χ0) is 22.4. The molecule has 0 saturated carbocycles. The van der Waals surface area contributed by atoms with Crippen LogP contribution in [0.25, 0.3) is 6.08 Å². The SMILES string of the molecule is N#C/C(=C\c1cc(Cl)c(OCc2ccccc2Cl)c(Br)c1)C(=O)Nc1cccc(Cl)c1. The molecule has 0 unspecified atom stereocenters. The Morgan fingerprint density at radius 2 is 1.84 bits per heavy atom. The van der Waals surface area contributed by atoms with Gasteiger partial charge in [-0.3, -0.25) is 4.79 Å². The van der Waals surface area contributed by atoms with Gasteiger partial charge in [-0.15, -0.1) is 0 Å². The van der Waals surface area contributed by atoms with Crippen molar-refractivity contribution < 1.29 is 9.53 Å². The van der Waals surface area contributed by atoms with E-state index in [4.69, 9.17) is 39.5 Å². The molecule has 0 aliphatic heterocycles. The normalized spacial score (nSPS) is 11.0. The summed E-state index contributed by atoms with van der Waals surface area (Å²) >= 11 is 21.9. The van der Waals surface area contributed by atoms with Gasteiger partial charge >= 0.3 is 0 Å². The zero-order valence-electron chi connectivity index (χ0n) is 15.8. The van der Waals surface area contributed by atoms with Gasteiger partial charge < -0.3 is 10.1 Å². The van der Waals surface area contributed by atoms with E-state index in [1.165, 1.54) is 6.08 Å². The van der Waals surface area contributed by atoms with E-state index in [0.29, 0.717) is 36.5 Å². The number of hydrogen-bond acceptors (Lipinski definition) is 3. The van der Waals surface area contributed by atoms with E-state index >= 15 is 0 Å². The number of hydrogen-bond donors (Lipinski definition) is 1. The third kappa shape index (κ3) is 6.25. The van der Waals surface area contributed by atoms with Crippen molar-refractivity contribution >= 4 is 68.4 Å². The van der Waals surface area contributed by atoms with Gasteiger partial charge in [0, 0.05) is 21.3 Å². The molecule has 4 nitrogen and oxygen atoms in total. The molecule has 3 rings (SSSR count). The van der Waals surface area contributed by atoms with Crippen LogP contribution in [0.3, 0.4) is 0 Å². The lowest BCUT2D eigenvalue weighted by molar-refractivity contribution is -0.112. The molecule has 156 valence electrons. The van der Waals surface area contributed by atoms with Crippen molar-refractivity contribution in [2.75, 3.05) is 5.32 Å². The number of rotatable bonds is 6. The number of amides is 1. The minimum atomic E-state index is -0.559. The smallest absolute Gasteiger partial charge is 0.266 e. The van der Waals surface area contributed by atoms with Gasteiger partial charge in [0.25, 0.3) is 5.91 Å². The van der Waals surface area contributed by atoms with E-state index in [1.807, 2.05) is 24.3 Å². The second-order valence-corrected chi connectivity index (χ2v) is 8.43. The molecule has 0 fully saturated rings. The summed E-state index contributed by atoms with van der Waals surface area (Å²) in [6.07, 6.45) is 1.44. The van der Waals surface area contributed by atoms with Gasteiger partial charge in [0.1, 0.15) is 18.2 Å². The number of nitriles is 1. The van der Waals surface area contributed by atoms with Crippen LogP contribution in [0.2, 0.25) is 15.1 Å². The molecule has 3 aromatic rings. The molecule has 0 aromatic heterocycles. The Labute approximate surface area is 203 Å². The Bertz CT molecular complexity index is 1180. The van der Waals surface area contributed by atoms with Crippen molar-refractivity contribution in [2.45, 2.75) is 6.61 Å². The Morgan fingerprint density at radius 1 is 1.06 bits per heavy atom. The molecule has 0 saturated heterocycles. The average Bonchev–Trinajstić information content (AvgIpc) is 2.72. The zero-order valence-corrected chi connectivity index (χ0v) is 19.7. The monoisotopic (exact) mass is 534 g/mol. The number of anilines is 1.